The average molecular weight is 346 g/mol. The van der Waals surface area contributed by atoms with Crippen LogP contribution in [0.3, 0.4) is 0 Å². The summed E-state index contributed by atoms with van der Waals surface area (Å²) in [6.45, 7) is 2.15. The molecule has 1 heterocycles. The first-order valence-electron chi connectivity index (χ1n) is 8.61. The Morgan fingerprint density at radius 3 is 2.84 bits per heavy atom. The normalized spacial score (nSPS) is 16.1. The number of hydrogen-bond donors (Lipinski definition) is 2. The van der Waals surface area contributed by atoms with Crippen LogP contribution in [0.5, 0.6) is 0 Å². The van der Waals surface area contributed by atoms with Gasteiger partial charge in [-0.3, -0.25) is 4.79 Å². The van der Waals surface area contributed by atoms with Crippen molar-refractivity contribution in [1.82, 2.24) is 15.5 Å². The van der Waals surface area contributed by atoms with Gasteiger partial charge >= 0.3 is 0 Å². The number of aromatic nitrogens is 2. The van der Waals surface area contributed by atoms with Crippen LogP contribution in [0, 0.1) is 12.7 Å². The molecule has 1 aliphatic carbocycles. The van der Waals surface area contributed by atoms with E-state index in [0.29, 0.717) is 35.8 Å². The van der Waals surface area contributed by atoms with E-state index in [4.69, 9.17) is 10.3 Å². The number of aryl methyl sites for hydroxylation is 2. The summed E-state index contributed by atoms with van der Waals surface area (Å²) >= 11 is 0. The van der Waals surface area contributed by atoms with Gasteiger partial charge in [-0.25, -0.2) is 4.39 Å². The van der Waals surface area contributed by atoms with Crippen LogP contribution in [-0.2, 0) is 11.2 Å². The van der Waals surface area contributed by atoms with Crippen LogP contribution >= 0.6 is 0 Å². The summed E-state index contributed by atoms with van der Waals surface area (Å²) in [6.07, 6.45) is 4.65. The van der Waals surface area contributed by atoms with Gasteiger partial charge in [0, 0.05) is 24.9 Å². The molecule has 0 spiro atoms. The maximum Gasteiger partial charge on any atom is 0.227 e. The first-order valence-corrected chi connectivity index (χ1v) is 8.61. The molecule has 6 nitrogen and oxygen atoms in total. The van der Waals surface area contributed by atoms with Crippen LogP contribution in [0.4, 0.5) is 4.39 Å². The van der Waals surface area contributed by atoms with Gasteiger partial charge in [0.1, 0.15) is 5.82 Å². The van der Waals surface area contributed by atoms with Crippen molar-refractivity contribution in [3.8, 4) is 11.4 Å². The number of rotatable bonds is 6. The Balaban J connectivity index is 1.58. The molecule has 0 bridgehead atoms. The van der Waals surface area contributed by atoms with Gasteiger partial charge in [0.15, 0.2) is 0 Å². The second-order valence-electron chi connectivity index (χ2n) is 6.72. The van der Waals surface area contributed by atoms with Crippen LogP contribution in [-0.4, -0.2) is 28.1 Å². The van der Waals surface area contributed by atoms with E-state index in [2.05, 4.69) is 15.5 Å². The Hall–Kier alpha value is -2.28. The molecule has 1 aromatic carbocycles. The summed E-state index contributed by atoms with van der Waals surface area (Å²) in [4.78, 5) is 16.4. The molecule has 0 unspecified atom stereocenters. The number of amides is 1. The number of nitrogens with one attached hydrogen (secondary N) is 1. The van der Waals surface area contributed by atoms with Crippen molar-refractivity contribution >= 4 is 5.91 Å². The summed E-state index contributed by atoms with van der Waals surface area (Å²) < 4.78 is 18.8. The summed E-state index contributed by atoms with van der Waals surface area (Å²) in [5.74, 6) is 0.309. The summed E-state index contributed by atoms with van der Waals surface area (Å²) in [7, 11) is 0. The highest BCUT2D eigenvalue weighted by molar-refractivity contribution is 5.77. The minimum Gasteiger partial charge on any atom is -0.349 e. The minimum atomic E-state index is -0.313. The second kappa shape index (κ2) is 7.31. The predicted molar refractivity (Wildman–Crippen MR) is 91.1 cm³/mol. The molecule has 0 saturated heterocycles. The standard InChI is InChI=1S/C18H23FN4O2/c1-12-4-5-13(10-14(12)19)17-21-16(25-23-17)7-6-15(24)22-18(11-20)8-2-3-9-18/h4-5,10H,2-3,6-9,11,20H2,1H3,(H,22,24). The van der Waals surface area contributed by atoms with Crippen LogP contribution in [0.1, 0.15) is 43.6 Å². The Morgan fingerprint density at radius 1 is 1.40 bits per heavy atom. The van der Waals surface area contributed by atoms with Crippen molar-refractivity contribution in [2.45, 2.75) is 51.0 Å². The predicted octanol–water partition coefficient (Wildman–Crippen LogP) is 2.50. The average Bonchev–Trinajstić information content (AvgIpc) is 3.25. The van der Waals surface area contributed by atoms with Crippen molar-refractivity contribution in [2.75, 3.05) is 6.54 Å². The maximum atomic E-state index is 13.6. The molecule has 0 aliphatic heterocycles. The van der Waals surface area contributed by atoms with Gasteiger partial charge in [-0.05, 0) is 31.4 Å². The lowest BCUT2D eigenvalue weighted by Crippen LogP contribution is -2.51. The Bertz CT molecular complexity index is 753. The van der Waals surface area contributed by atoms with Crippen molar-refractivity contribution in [3.05, 3.63) is 35.5 Å². The minimum absolute atomic E-state index is 0.0616. The van der Waals surface area contributed by atoms with E-state index in [1.165, 1.54) is 6.07 Å². The quantitative estimate of drug-likeness (QED) is 0.838. The lowest BCUT2D eigenvalue weighted by molar-refractivity contribution is -0.123. The molecule has 0 radical (unpaired) electrons. The van der Waals surface area contributed by atoms with Crippen LogP contribution in [0.25, 0.3) is 11.4 Å². The van der Waals surface area contributed by atoms with Gasteiger partial charge in [-0.2, -0.15) is 4.98 Å². The van der Waals surface area contributed by atoms with E-state index in [0.717, 1.165) is 25.7 Å². The number of nitrogens with two attached hydrogens (primary N) is 1. The van der Waals surface area contributed by atoms with Crippen LogP contribution in [0.15, 0.2) is 22.7 Å². The van der Waals surface area contributed by atoms with E-state index >= 15 is 0 Å². The van der Waals surface area contributed by atoms with E-state index in [9.17, 15) is 9.18 Å². The molecule has 1 amide bonds. The van der Waals surface area contributed by atoms with Crippen molar-refractivity contribution < 1.29 is 13.7 Å². The van der Waals surface area contributed by atoms with E-state index in [1.807, 2.05) is 0 Å². The molecule has 2 aromatic rings. The molecule has 1 saturated carbocycles. The number of carbonyl (C=O) groups is 1. The first kappa shape index (κ1) is 17.5. The molecular formula is C18H23FN4O2. The smallest absolute Gasteiger partial charge is 0.227 e. The Kier molecular flexibility index (Phi) is 5.13. The molecule has 1 fully saturated rings. The zero-order chi connectivity index (χ0) is 17.9. The highest BCUT2D eigenvalue weighted by Crippen LogP contribution is 2.28. The highest BCUT2D eigenvalue weighted by Gasteiger charge is 2.33. The van der Waals surface area contributed by atoms with Gasteiger partial charge in [-0.1, -0.05) is 30.1 Å². The third-order valence-corrected chi connectivity index (χ3v) is 4.82. The topological polar surface area (TPSA) is 94.0 Å². The van der Waals surface area contributed by atoms with Crippen molar-refractivity contribution in [1.29, 1.82) is 0 Å². The van der Waals surface area contributed by atoms with E-state index in [1.54, 1.807) is 19.1 Å². The zero-order valence-electron chi connectivity index (χ0n) is 14.3. The first-order chi connectivity index (χ1) is 12.0. The Labute approximate surface area is 146 Å². The van der Waals surface area contributed by atoms with Gasteiger partial charge in [0.25, 0.3) is 0 Å². The number of halogens is 1. The molecule has 1 aliphatic rings. The van der Waals surface area contributed by atoms with Crippen molar-refractivity contribution in [3.63, 3.8) is 0 Å². The highest BCUT2D eigenvalue weighted by atomic mass is 19.1. The third kappa shape index (κ3) is 4.04. The molecule has 25 heavy (non-hydrogen) atoms. The van der Waals surface area contributed by atoms with Gasteiger partial charge in [0.05, 0.1) is 5.54 Å². The lowest BCUT2D eigenvalue weighted by atomic mass is 9.97. The zero-order valence-corrected chi connectivity index (χ0v) is 14.3. The molecule has 0 atom stereocenters. The van der Waals surface area contributed by atoms with Gasteiger partial charge in [-0.15, -0.1) is 0 Å². The molecule has 134 valence electrons. The monoisotopic (exact) mass is 346 g/mol. The molecule has 7 heteroatoms. The Morgan fingerprint density at radius 2 is 2.16 bits per heavy atom. The lowest BCUT2D eigenvalue weighted by Gasteiger charge is -2.28. The molecule has 1 aromatic heterocycles. The second-order valence-corrected chi connectivity index (χ2v) is 6.72. The third-order valence-electron chi connectivity index (χ3n) is 4.82. The van der Waals surface area contributed by atoms with Gasteiger partial charge in [0.2, 0.25) is 17.6 Å². The van der Waals surface area contributed by atoms with Gasteiger partial charge < -0.3 is 15.6 Å². The summed E-state index contributed by atoms with van der Waals surface area (Å²) in [5, 5.41) is 6.92. The fourth-order valence-electron chi connectivity index (χ4n) is 3.22. The number of benzene rings is 1. The van der Waals surface area contributed by atoms with E-state index in [-0.39, 0.29) is 23.7 Å². The largest absolute Gasteiger partial charge is 0.349 e. The maximum absolute atomic E-state index is 13.6. The number of hydrogen-bond acceptors (Lipinski definition) is 5. The SMILES string of the molecule is Cc1ccc(-c2noc(CCC(=O)NC3(CN)CCCC3)n2)cc1F. The van der Waals surface area contributed by atoms with Crippen LogP contribution < -0.4 is 11.1 Å². The summed E-state index contributed by atoms with van der Waals surface area (Å²) in [6, 6.07) is 4.79. The molecular weight excluding hydrogens is 323 g/mol. The van der Waals surface area contributed by atoms with Crippen LogP contribution in [0.2, 0.25) is 0 Å². The number of nitrogens with zero attached hydrogens (tertiary/aromatic N) is 2. The number of carbonyl (C=O) groups excluding carboxylic acids is 1. The van der Waals surface area contributed by atoms with Crippen molar-refractivity contribution in [2.24, 2.45) is 5.73 Å². The fourth-order valence-corrected chi connectivity index (χ4v) is 3.22. The summed E-state index contributed by atoms with van der Waals surface area (Å²) in [5.41, 5.74) is 6.69. The van der Waals surface area contributed by atoms with E-state index < -0.39 is 0 Å². The fraction of sp³-hybridized carbons (Fsp3) is 0.500. The molecule has 3 N–H and O–H groups in total. The molecule has 3 rings (SSSR count).